The van der Waals surface area contributed by atoms with Gasteiger partial charge in [0.1, 0.15) is 17.3 Å². The van der Waals surface area contributed by atoms with Gasteiger partial charge in [0.05, 0.1) is 70.3 Å². The number of carbonyl (C=O) groups is 6. The molecule has 7 saturated heterocycles. The van der Waals surface area contributed by atoms with E-state index in [1.165, 1.54) is 65.1 Å². The number of carbonyl (C=O) groups excluding carboxylic acids is 7. The molecule has 6 aromatic rings. The number of urea groups is 4. The number of piperidine rings is 4. The number of amides is 8. The van der Waals surface area contributed by atoms with Crippen LogP contribution in [-0.2, 0) is 103 Å². The summed E-state index contributed by atoms with van der Waals surface area (Å²) in [6.45, 7) is 8.67. The maximum Gasteiger partial charge on any atom is 0.534 e. The van der Waals surface area contributed by atoms with E-state index in [2.05, 4.69) is 40.7 Å². The highest BCUT2D eigenvalue weighted by molar-refractivity contribution is 8.11. The molecule has 0 saturated carbocycles. The minimum absolute atomic E-state index is 0.0821. The number of hydrogen-bond donors (Lipinski definition) is 5. The zero-order valence-corrected chi connectivity index (χ0v) is 78.2. The van der Waals surface area contributed by atoms with Gasteiger partial charge in [0.25, 0.3) is 0 Å². The van der Waals surface area contributed by atoms with Crippen molar-refractivity contribution in [1.29, 1.82) is 0 Å². The number of benzene rings is 5. The number of aliphatic imine (C=N–C) groups is 1. The molecule has 0 atom stereocenters. The van der Waals surface area contributed by atoms with Crippen LogP contribution in [0, 0.1) is 0 Å². The SMILES string of the molecule is C1CC2(CCN1)OCCO2.C1CCOC1.ClCCl.O=C(Nc1ccc(C(F)(F)F)cc1)N1CC=C(OS(=O)(=O)C(F)(F)F)CC1.O=C(Nc1ccc(C(F)(F)F)cc1)N1CCC2(CC1)OCCO2.O=C1CCN(C(=O)Nc2ccc(C(F)(F)F)cc2)CC1.O=C1CCN(C(=O)Nc2ccc(C(F)(F)F)cc2)CC1.O=C=Nc1ccc(C(F)(F)F)cc1.O=S(=O)(N(c1ccc(Cl)cn1)S(=O)(=O)C(F)(F)F)C(F)(F)F. The lowest BCUT2D eigenvalue weighted by Crippen LogP contribution is -2.49. The zero-order chi connectivity index (χ0) is 107. The van der Waals surface area contributed by atoms with Crippen molar-refractivity contribution >= 4 is 141 Å². The fraction of sp³-hybridized carbons (Fsp3) is 0.463. The molecule has 31 nitrogen and oxygen atoms in total. The van der Waals surface area contributed by atoms with Crippen molar-refractivity contribution in [2.24, 2.45) is 4.99 Å². The quantitative estimate of drug-likeness (QED) is 0.0212. The molecule has 2 spiro atoms. The topological polar surface area (TPSA) is 379 Å². The predicted molar refractivity (Wildman–Crippen MR) is 464 cm³/mol. The van der Waals surface area contributed by atoms with Crippen molar-refractivity contribution in [2.75, 3.05) is 135 Å². The highest BCUT2D eigenvalue weighted by Crippen LogP contribution is 2.41. The second-order valence-corrected chi connectivity index (χ2v) is 36.5. The average molecular weight is 2200 g/mol. The molecule has 8 amide bonds. The summed E-state index contributed by atoms with van der Waals surface area (Å²) in [5.74, 6) is -2.62. The third kappa shape index (κ3) is 38.9. The van der Waals surface area contributed by atoms with E-state index in [1.54, 1.807) is 4.90 Å². The largest absolute Gasteiger partial charge is 0.534 e. The molecule has 9 heterocycles. The molecule has 61 heteroatoms. The van der Waals surface area contributed by atoms with Crippen LogP contribution >= 0.6 is 34.8 Å². The van der Waals surface area contributed by atoms with Crippen LogP contribution in [0.1, 0.15) is 98.4 Å². The minimum atomic E-state index is -6.93. The number of pyridine rings is 1. The van der Waals surface area contributed by atoms with Gasteiger partial charge in [-0.1, -0.05) is 11.6 Å². The van der Waals surface area contributed by atoms with Crippen molar-refractivity contribution in [3.8, 4) is 0 Å². The molecule has 14 rings (SSSR count). The molecular weight excluding hydrogens is 2120 g/mol. The van der Waals surface area contributed by atoms with Crippen LogP contribution in [0.2, 0.25) is 5.02 Å². The number of anilines is 5. The first-order valence-electron chi connectivity index (χ1n) is 41.3. The Labute approximate surface area is 813 Å². The minimum Gasteiger partial charge on any atom is -0.381 e. The summed E-state index contributed by atoms with van der Waals surface area (Å²) < 4.78 is 393. The number of ether oxygens (including phenoxy) is 5. The van der Waals surface area contributed by atoms with Crippen molar-refractivity contribution in [3.05, 3.63) is 184 Å². The molecule has 8 aliphatic heterocycles. The number of sulfonamides is 2. The van der Waals surface area contributed by atoms with Gasteiger partial charge in [0.15, 0.2) is 17.4 Å². The number of nitrogens with zero attached hydrogens (tertiary/aromatic N) is 7. The summed E-state index contributed by atoms with van der Waals surface area (Å²) in [4.78, 5) is 91.4. The van der Waals surface area contributed by atoms with Crippen LogP contribution < -0.4 is 30.3 Å². The summed E-state index contributed by atoms with van der Waals surface area (Å²) in [5, 5.41) is 13.2. The Hall–Kier alpha value is -10.8. The lowest BCUT2D eigenvalue weighted by molar-refractivity contribution is -0.181. The van der Waals surface area contributed by atoms with Crippen LogP contribution in [-0.4, -0.2) is 230 Å². The number of alkyl halides is 26. The molecule has 0 radical (unpaired) electrons. The molecule has 8 aliphatic rings. The molecule has 0 bridgehead atoms. The van der Waals surface area contributed by atoms with Gasteiger partial charge in [0.2, 0.25) is 6.08 Å². The number of hydrogen-bond acceptors (Lipinski definition) is 22. The molecule has 0 unspecified atom stereocenters. The standard InChI is InChI=1S/C15H17F3N2O3.C14H12F6N2O4S.2C13H13F3N2O2.C8H4F3NO.C7H3ClF6N2O4S2.C7H13NO2.C4H8O.CH2Cl2/c16-15(17,18)11-1-3-12(4-2-11)19-13(21)20-7-5-14(6-8-20)22-9-10-23-14;15-13(16,17)9-1-3-10(4-2-9)21-12(23)22-7-5-11(6-8-22)26-27(24,25)14(18,19)20;2*14-13(15,16)9-1-3-10(4-2-9)17-12(20)18-7-5-11(19)6-8-18;9-8(10,11)6-1-3-7(4-2-6)12-5-13;8-4-1-2-5(15-3-4)16(21(17,18)6(9,10)11)22(19,20)7(12,13)14;1-3-8-4-2-7(1)9-5-6-10-7;1-2-4-5-3-1;2-1-3/h1-4H,5-10H2,(H,19,21);1-5H,6-8H2,(H,21,23);2*1-4H,5-8H2,(H,17,20);1-4H;1-3H;8H,1-6H2;1-4H2;1H2. The Morgan fingerprint density at radius 2 is 0.727 bits per heavy atom. The number of aromatic nitrogens is 1. The first-order valence-corrected chi connectivity index (χ1v) is 47.0. The maximum atomic E-state index is 12.5. The van der Waals surface area contributed by atoms with Crippen LogP contribution in [0.5, 0.6) is 0 Å². The molecule has 794 valence electrons. The van der Waals surface area contributed by atoms with E-state index in [0.717, 1.165) is 148 Å². The van der Waals surface area contributed by atoms with Gasteiger partial charge >= 0.3 is 102 Å². The second-order valence-electron chi connectivity index (χ2n) is 30.0. The highest BCUT2D eigenvalue weighted by atomic mass is 35.5. The lowest BCUT2D eigenvalue weighted by atomic mass is 10.0. The summed E-state index contributed by atoms with van der Waals surface area (Å²) in [6.07, 6.45) is -12.6. The number of halogens is 27. The van der Waals surface area contributed by atoms with Crippen LogP contribution in [0.4, 0.5) is 159 Å². The van der Waals surface area contributed by atoms with Gasteiger partial charge < -0.3 is 74.1 Å². The summed E-state index contributed by atoms with van der Waals surface area (Å²) in [5.41, 5.74) is -21.0. The van der Waals surface area contributed by atoms with Crippen LogP contribution in [0.15, 0.2) is 156 Å². The molecular formula is C82H85Cl3F24N12O19S3. The number of isocyanates is 1. The Morgan fingerprint density at radius 1 is 0.427 bits per heavy atom. The van der Waals surface area contributed by atoms with E-state index >= 15 is 0 Å². The highest BCUT2D eigenvalue weighted by Gasteiger charge is 2.62. The van der Waals surface area contributed by atoms with Gasteiger partial charge in [-0.05, 0) is 152 Å². The molecule has 1 aromatic heterocycles. The lowest BCUT2D eigenvalue weighted by Gasteiger charge is -2.37. The second kappa shape index (κ2) is 52.8. The van der Waals surface area contributed by atoms with E-state index in [0.29, 0.717) is 120 Å². The van der Waals surface area contributed by atoms with Gasteiger partial charge in [-0.15, -0.1) is 26.9 Å². The first-order chi connectivity index (χ1) is 66.4. The van der Waals surface area contributed by atoms with E-state index in [9.17, 15) is 164 Å². The molecule has 143 heavy (non-hydrogen) atoms. The van der Waals surface area contributed by atoms with E-state index in [4.69, 9.17) is 58.5 Å². The fourth-order valence-corrected chi connectivity index (χ4v) is 15.8. The number of rotatable bonds is 10. The Morgan fingerprint density at radius 3 is 0.993 bits per heavy atom. The summed E-state index contributed by atoms with van der Waals surface area (Å²) in [7, 11) is -19.6. The molecule has 7 fully saturated rings. The molecule has 5 N–H and O–H groups in total. The Bertz CT molecular complexity index is 5410. The third-order valence-electron chi connectivity index (χ3n) is 19.9. The van der Waals surface area contributed by atoms with E-state index in [-0.39, 0.29) is 70.7 Å². The average Bonchev–Trinajstić information content (AvgIpc) is 0.857. The number of nitrogens with one attached hydrogen (secondary N) is 5. The van der Waals surface area contributed by atoms with Crippen LogP contribution in [0.3, 0.4) is 0 Å². The van der Waals surface area contributed by atoms with Gasteiger partial charge in [-0.2, -0.15) is 136 Å². The Balaban J connectivity index is 0.000000255. The van der Waals surface area contributed by atoms with Crippen molar-refractivity contribution < 1.29 is 192 Å². The summed E-state index contributed by atoms with van der Waals surface area (Å²) in [6, 6.07) is 19.5. The van der Waals surface area contributed by atoms with Crippen molar-refractivity contribution in [3.63, 3.8) is 0 Å². The number of Topliss-reactive ketones (excluding diaryl/α,β-unsaturated/α-hetero) is 2. The summed E-state index contributed by atoms with van der Waals surface area (Å²) >= 11 is 14.8. The van der Waals surface area contributed by atoms with Crippen molar-refractivity contribution in [1.82, 2.24) is 29.9 Å². The monoisotopic (exact) mass is 2200 g/mol. The van der Waals surface area contributed by atoms with Gasteiger partial charge in [0, 0.05) is 165 Å². The van der Waals surface area contributed by atoms with E-state index in [1.807, 2.05) is 0 Å². The fourth-order valence-electron chi connectivity index (χ4n) is 12.6. The van der Waals surface area contributed by atoms with Gasteiger partial charge in [-0.3, -0.25) is 9.59 Å². The third-order valence-corrected chi connectivity index (χ3v) is 24.8. The zero-order valence-electron chi connectivity index (χ0n) is 73.5. The van der Waals surface area contributed by atoms with Crippen LogP contribution in [0.25, 0.3) is 0 Å². The van der Waals surface area contributed by atoms with Crippen molar-refractivity contribution in [2.45, 2.75) is 130 Å². The molecule has 5 aromatic carbocycles. The molecule has 0 aliphatic carbocycles. The number of ketones is 2. The first kappa shape index (κ1) is 121. The predicted octanol–water partition coefficient (Wildman–Crippen LogP) is 19.8. The van der Waals surface area contributed by atoms with Gasteiger partial charge in [-0.25, -0.2) is 29.0 Å². The Kier molecular flexibility index (Phi) is 44.6. The normalized spacial score (nSPS) is 17.1. The maximum absolute atomic E-state index is 12.5. The van der Waals surface area contributed by atoms with E-state index < -0.39 is 145 Å². The smallest absolute Gasteiger partial charge is 0.381 e. The number of likely N-dealkylation sites (tertiary alicyclic amines) is 3.